The number of nitrogens with zero attached hydrogens (tertiary/aromatic N) is 2. The Balaban J connectivity index is 1.54. The fraction of sp³-hybridized carbons (Fsp3) is 0.333. The molecule has 2 aromatic carbocycles. The van der Waals surface area contributed by atoms with Gasteiger partial charge in [0, 0.05) is 24.6 Å². The molecule has 1 heterocycles. The number of para-hydroxylation sites is 1. The minimum Gasteiger partial charge on any atom is -0.465 e. The van der Waals surface area contributed by atoms with E-state index in [-0.39, 0.29) is 23.9 Å². The third kappa shape index (κ3) is 4.21. The number of hydrogen-bond acceptors (Lipinski definition) is 5. The second-order valence-electron chi connectivity index (χ2n) is 7.96. The van der Waals surface area contributed by atoms with E-state index in [1.807, 2.05) is 38.1 Å². The van der Waals surface area contributed by atoms with E-state index in [1.165, 1.54) is 7.11 Å². The molecule has 1 amide bonds. The van der Waals surface area contributed by atoms with Gasteiger partial charge in [0.05, 0.1) is 23.6 Å². The molecular weight excluding hydrogens is 394 g/mol. The van der Waals surface area contributed by atoms with Crippen LogP contribution in [0.2, 0.25) is 0 Å². The number of ether oxygens (including phenoxy) is 1. The van der Waals surface area contributed by atoms with Crippen molar-refractivity contribution in [2.45, 2.75) is 45.6 Å². The minimum atomic E-state index is -0.439. The van der Waals surface area contributed by atoms with Crippen LogP contribution < -0.4 is 10.9 Å². The van der Waals surface area contributed by atoms with E-state index < -0.39 is 5.97 Å². The molecule has 0 atom stereocenters. The summed E-state index contributed by atoms with van der Waals surface area (Å²) in [5.74, 6) is -0.00831. The molecule has 3 aromatic rings. The number of rotatable bonds is 6. The Kier molecular flexibility index (Phi) is 5.59. The largest absolute Gasteiger partial charge is 0.465 e. The number of amides is 1. The van der Waals surface area contributed by atoms with Crippen molar-refractivity contribution in [3.63, 3.8) is 0 Å². The van der Waals surface area contributed by atoms with Crippen molar-refractivity contribution in [1.82, 2.24) is 9.55 Å². The van der Waals surface area contributed by atoms with Crippen LogP contribution in [0.1, 0.15) is 52.6 Å². The van der Waals surface area contributed by atoms with Crippen molar-refractivity contribution in [1.29, 1.82) is 0 Å². The zero-order valence-corrected chi connectivity index (χ0v) is 17.9. The number of carbonyl (C=O) groups is 2. The molecule has 0 unspecified atom stereocenters. The van der Waals surface area contributed by atoms with Gasteiger partial charge in [0.2, 0.25) is 5.91 Å². The molecule has 1 N–H and O–H groups in total. The van der Waals surface area contributed by atoms with Crippen molar-refractivity contribution < 1.29 is 14.3 Å². The Morgan fingerprint density at radius 1 is 1.19 bits per heavy atom. The minimum absolute atomic E-state index is 0.0413. The molecule has 1 aliphatic rings. The maximum atomic E-state index is 12.9. The van der Waals surface area contributed by atoms with E-state index in [0.29, 0.717) is 34.4 Å². The Morgan fingerprint density at radius 3 is 2.65 bits per heavy atom. The lowest BCUT2D eigenvalue weighted by Crippen LogP contribution is -2.25. The van der Waals surface area contributed by atoms with Crippen molar-refractivity contribution in [3.8, 4) is 0 Å². The van der Waals surface area contributed by atoms with Crippen LogP contribution in [0, 0.1) is 13.8 Å². The highest BCUT2D eigenvalue weighted by atomic mass is 16.5. The summed E-state index contributed by atoms with van der Waals surface area (Å²) >= 11 is 0. The van der Waals surface area contributed by atoms with E-state index in [4.69, 9.17) is 4.74 Å². The Hall–Kier alpha value is -3.48. The van der Waals surface area contributed by atoms with Crippen LogP contribution in [0.4, 0.5) is 5.69 Å². The molecule has 4 rings (SSSR count). The maximum Gasteiger partial charge on any atom is 0.338 e. The topological polar surface area (TPSA) is 90.3 Å². The summed E-state index contributed by atoms with van der Waals surface area (Å²) in [7, 11) is 1.33. The van der Waals surface area contributed by atoms with Gasteiger partial charge in [-0.2, -0.15) is 0 Å². The van der Waals surface area contributed by atoms with E-state index >= 15 is 0 Å². The van der Waals surface area contributed by atoms with Gasteiger partial charge in [-0.25, -0.2) is 9.78 Å². The number of hydrogen-bond donors (Lipinski definition) is 1. The van der Waals surface area contributed by atoms with Gasteiger partial charge in [-0.05, 0) is 62.1 Å². The predicted octanol–water partition coefficient (Wildman–Crippen LogP) is 3.71. The molecule has 0 aliphatic heterocycles. The SMILES string of the molecule is COC(=O)c1cc(NC(=O)CCc2nc3ccccc3c(=O)n2C2CC2)cc(C)c1C. The molecular formula is C24H25N3O4. The molecule has 7 heteroatoms. The van der Waals surface area contributed by atoms with Crippen LogP contribution in [0.15, 0.2) is 41.2 Å². The van der Waals surface area contributed by atoms with Crippen molar-refractivity contribution in [2.24, 2.45) is 0 Å². The van der Waals surface area contributed by atoms with E-state index in [1.54, 1.807) is 16.7 Å². The second kappa shape index (κ2) is 8.34. The van der Waals surface area contributed by atoms with Crippen LogP contribution in [0.5, 0.6) is 0 Å². The quantitative estimate of drug-likeness (QED) is 0.615. The highest BCUT2D eigenvalue weighted by Crippen LogP contribution is 2.35. The smallest absolute Gasteiger partial charge is 0.338 e. The first-order valence-electron chi connectivity index (χ1n) is 10.4. The molecule has 0 radical (unpaired) electrons. The number of methoxy groups -OCH3 is 1. The fourth-order valence-electron chi connectivity index (χ4n) is 3.78. The van der Waals surface area contributed by atoms with Gasteiger partial charge in [-0.3, -0.25) is 14.2 Å². The van der Waals surface area contributed by atoms with Crippen LogP contribution in [0.25, 0.3) is 10.9 Å². The number of nitrogens with one attached hydrogen (secondary N) is 1. The zero-order valence-electron chi connectivity index (χ0n) is 17.9. The summed E-state index contributed by atoms with van der Waals surface area (Å²) in [5.41, 5.74) is 3.28. The van der Waals surface area contributed by atoms with Crippen molar-refractivity contribution in [2.75, 3.05) is 12.4 Å². The zero-order chi connectivity index (χ0) is 22.1. The number of benzene rings is 2. The van der Waals surface area contributed by atoms with Crippen molar-refractivity contribution >= 4 is 28.5 Å². The Morgan fingerprint density at radius 2 is 1.94 bits per heavy atom. The molecule has 1 saturated carbocycles. The van der Waals surface area contributed by atoms with Gasteiger partial charge in [0.15, 0.2) is 0 Å². The molecule has 1 fully saturated rings. The number of aromatic nitrogens is 2. The van der Waals surface area contributed by atoms with E-state index in [0.717, 1.165) is 24.0 Å². The first-order valence-corrected chi connectivity index (χ1v) is 10.4. The molecule has 0 spiro atoms. The lowest BCUT2D eigenvalue weighted by molar-refractivity contribution is -0.116. The number of fused-ring (bicyclic) bond motifs is 1. The molecule has 160 valence electrons. The highest BCUT2D eigenvalue weighted by molar-refractivity contribution is 5.96. The summed E-state index contributed by atoms with van der Waals surface area (Å²) in [6.07, 6.45) is 2.45. The van der Waals surface area contributed by atoms with Crippen LogP contribution >= 0.6 is 0 Å². The number of aryl methyl sites for hydroxylation is 2. The lowest BCUT2D eigenvalue weighted by Gasteiger charge is -2.14. The fourth-order valence-corrected chi connectivity index (χ4v) is 3.78. The van der Waals surface area contributed by atoms with E-state index in [9.17, 15) is 14.4 Å². The molecule has 1 aliphatic carbocycles. The third-order valence-electron chi connectivity index (χ3n) is 5.72. The van der Waals surface area contributed by atoms with Gasteiger partial charge in [-0.15, -0.1) is 0 Å². The lowest BCUT2D eigenvalue weighted by atomic mass is 10.0. The molecule has 0 bridgehead atoms. The van der Waals surface area contributed by atoms with Gasteiger partial charge in [0.1, 0.15) is 5.82 Å². The molecule has 31 heavy (non-hydrogen) atoms. The van der Waals surface area contributed by atoms with Crippen LogP contribution in [-0.2, 0) is 16.0 Å². The standard InChI is InChI=1S/C24H25N3O4/c1-14-12-16(13-19(15(14)2)24(30)31-3)25-22(28)11-10-21-26-20-7-5-4-6-18(20)23(29)27(21)17-8-9-17/h4-7,12-13,17H,8-11H2,1-3H3,(H,25,28). The Labute approximate surface area is 180 Å². The van der Waals surface area contributed by atoms with Gasteiger partial charge >= 0.3 is 5.97 Å². The highest BCUT2D eigenvalue weighted by Gasteiger charge is 2.28. The van der Waals surface area contributed by atoms with E-state index in [2.05, 4.69) is 10.3 Å². The first-order chi connectivity index (χ1) is 14.9. The number of esters is 1. The second-order valence-corrected chi connectivity index (χ2v) is 7.96. The third-order valence-corrected chi connectivity index (χ3v) is 5.72. The Bertz CT molecular complexity index is 1240. The number of carbonyl (C=O) groups excluding carboxylic acids is 2. The summed E-state index contributed by atoms with van der Waals surface area (Å²) in [4.78, 5) is 42.3. The molecule has 0 saturated heterocycles. The molecule has 7 nitrogen and oxygen atoms in total. The average Bonchev–Trinajstić information content (AvgIpc) is 3.59. The monoisotopic (exact) mass is 419 g/mol. The summed E-state index contributed by atoms with van der Waals surface area (Å²) in [6.45, 7) is 3.72. The summed E-state index contributed by atoms with van der Waals surface area (Å²) in [5, 5.41) is 3.46. The first kappa shape index (κ1) is 20.8. The average molecular weight is 419 g/mol. The molecule has 1 aromatic heterocycles. The predicted molar refractivity (Wildman–Crippen MR) is 118 cm³/mol. The van der Waals surface area contributed by atoms with Crippen LogP contribution in [-0.4, -0.2) is 28.5 Å². The summed E-state index contributed by atoms with van der Waals surface area (Å²) in [6, 6.07) is 10.9. The van der Waals surface area contributed by atoms with Gasteiger partial charge in [-0.1, -0.05) is 12.1 Å². The van der Waals surface area contributed by atoms with Gasteiger partial charge in [0.25, 0.3) is 5.56 Å². The van der Waals surface area contributed by atoms with Crippen molar-refractivity contribution in [3.05, 3.63) is 69.3 Å². The normalized spacial score (nSPS) is 13.3. The van der Waals surface area contributed by atoms with Gasteiger partial charge < -0.3 is 10.1 Å². The van der Waals surface area contributed by atoms with Crippen LogP contribution in [0.3, 0.4) is 0 Å². The number of anilines is 1. The summed E-state index contributed by atoms with van der Waals surface area (Å²) < 4.78 is 6.58. The maximum absolute atomic E-state index is 12.9.